The lowest BCUT2D eigenvalue weighted by Gasteiger charge is -2.32. The highest BCUT2D eigenvalue weighted by molar-refractivity contribution is 6.06. The number of benzene rings is 1. The van der Waals surface area contributed by atoms with Gasteiger partial charge in [0.25, 0.3) is 5.91 Å². The molecular formula is C22H22N4O3. The number of rotatable bonds is 4. The largest absolute Gasteiger partial charge is 0.478 e. The lowest BCUT2D eigenvalue weighted by molar-refractivity contribution is 0.0689. The van der Waals surface area contributed by atoms with Crippen molar-refractivity contribution in [2.75, 3.05) is 13.1 Å². The van der Waals surface area contributed by atoms with E-state index in [0.717, 1.165) is 47.8 Å². The smallest absolute Gasteiger partial charge is 0.338 e. The van der Waals surface area contributed by atoms with Gasteiger partial charge in [-0.3, -0.25) is 14.5 Å². The number of para-hydroxylation sites is 1. The van der Waals surface area contributed by atoms with E-state index in [4.69, 9.17) is 10.1 Å². The summed E-state index contributed by atoms with van der Waals surface area (Å²) in [5.74, 6) is -0.435. The molecule has 2 aliphatic rings. The SMILES string of the molecule is O=C(O)c1cnn(C2CCN(C(=O)c3cc(C4CC4)nc4ccccc34)CC2)c1. The summed E-state index contributed by atoms with van der Waals surface area (Å²) >= 11 is 0. The predicted molar refractivity (Wildman–Crippen MR) is 107 cm³/mol. The summed E-state index contributed by atoms with van der Waals surface area (Å²) in [7, 11) is 0. The molecule has 1 N–H and O–H groups in total. The standard InChI is InChI=1S/C22H22N4O3/c27-21(18-11-20(14-5-6-14)24-19-4-2-1-3-17(18)19)25-9-7-16(8-10-25)26-13-15(12-23-26)22(28)29/h1-4,11-14,16H,5-10H2,(H,28,29). The second kappa shape index (κ2) is 6.99. The van der Waals surface area contributed by atoms with Crippen LogP contribution < -0.4 is 0 Å². The van der Waals surface area contributed by atoms with Crippen molar-refractivity contribution >= 4 is 22.8 Å². The van der Waals surface area contributed by atoms with Crippen LogP contribution in [0.25, 0.3) is 10.9 Å². The number of pyridine rings is 1. The number of hydrogen-bond donors (Lipinski definition) is 1. The number of amides is 1. The van der Waals surface area contributed by atoms with Gasteiger partial charge in [-0.05, 0) is 37.8 Å². The fraction of sp³-hybridized carbons (Fsp3) is 0.364. The number of carboxylic acid groups (broad SMARTS) is 1. The molecule has 2 aromatic heterocycles. The van der Waals surface area contributed by atoms with Gasteiger partial charge < -0.3 is 10.0 Å². The first-order valence-corrected chi connectivity index (χ1v) is 10.1. The van der Waals surface area contributed by atoms with E-state index < -0.39 is 5.97 Å². The van der Waals surface area contributed by atoms with Crippen molar-refractivity contribution < 1.29 is 14.7 Å². The summed E-state index contributed by atoms with van der Waals surface area (Å²) in [6.45, 7) is 1.25. The van der Waals surface area contributed by atoms with Gasteiger partial charge in [0, 0.05) is 36.3 Å². The van der Waals surface area contributed by atoms with Crippen LogP contribution in [0.2, 0.25) is 0 Å². The predicted octanol–water partition coefficient (Wildman–Crippen LogP) is 3.48. The number of nitrogens with zero attached hydrogens (tertiary/aromatic N) is 4. The van der Waals surface area contributed by atoms with E-state index >= 15 is 0 Å². The number of carboxylic acids is 1. The zero-order valence-corrected chi connectivity index (χ0v) is 16.0. The molecule has 3 heterocycles. The molecule has 0 bridgehead atoms. The molecule has 7 nitrogen and oxygen atoms in total. The number of aromatic carboxylic acids is 1. The highest BCUT2D eigenvalue weighted by Gasteiger charge is 2.30. The molecule has 1 amide bonds. The van der Waals surface area contributed by atoms with Crippen LogP contribution in [-0.2, 0) is 0 Å². The van der Waals surface area contributed by atoms with E-state index in [9.17, 15) is 9.59 Å². The third-order valence-corrected chi connectivity index (χ3v) is 5.94. The van der Waals surface area contributed by atoms with Crippen LogP contribution in [0.15, 0.2) is 42.7 Å². The average Bonchev–Trinajstić information content (AvgIpc) is 3.48. The van der Waals surface area contributed by atoms with E-state index in [-0.39, 0.29) is 17.5 Å². The summed E-state index contributed by atoms with van der Waals surface area (Å²) in [5.41, 5.74) is 2.84. The summed E-state index contributed by atoms with van der Waals surface area (Å²) in [6, 6.07) is 9.95. The zero-order chi connectivity index (χ0) is 20.0. The first-order valence-electron chi connectivity index (χ1n) is 10.1. The zero-order valence-electron chi connectivity index (χ0n) is 16.0. The Hall–Kier alpha value is -3.22. The van der Waals surface area contributed by atoms with Crippen LogP contribution in [0.3, 0.4) is 0 Å². The lowest BCUT2D eigenvalue weighted by atomic mass is 10.0. The first-order chi connectivity index (χ1) is 14.1. The molecule has 1 aliphatic carbocycles. The van der Waals surface area contributed by atoms with Crippen molar-refractivity contribution in [1.82, 2.24) is 19.7 Å². The second-order valence-corrected chi connectivity index (χ2v) is 7.92. The van der Waals surface area contributed by atoms with E-state index in [1.54, 1.807) is 10.9 Å². The Bertz CT molecular complexity index is 1090. The number of carbonyl (C=O) groups is 2. The number of piperidine rings is 1. The van der Waals surface area contributed by atoms with Gasteiger partial charge in [0.05, 0.1) is 28.9 Å². The number of likely N-dealkylation sites (tertiary alicyclic amines) is 1. The Kier molecular flexibility index (Phi) is 4.30. The van der Waals surface area contributed by atoms with Gasteiger partial charge in [0.15, 0.2) is 0 Å². The molecule has 1 saturated heterocycles. The third kappa shape index (κ3) is 3.37. The minimum absolute atomic E-state index is 0.0515. The van der Waals surface area contributed by atoms with E-state index in [2.05, 4.69) is 5.10 Å². The summed E-state index contributed by atoms with van der Waals surface area (Å²) < 4.78 is 1.72. The van der Waals surface area contributed by atoms with E-state index in [1.165, 1.54) is 6.20 Å². The Morgan fingerprint density at radius 1 is 1.07 bits per heavy atom. The quantitative estimate of drug-likeness (QED) is 0.737. The summed E-state index contributed by atoms with van der Waals surface area (Å²) in [6.07, 6.45) is 6.75. The number of carbonyl (C=O) groups excluding carboxylic acids is 1. The summed E-state index contributed by atoms with van der Waals surface area (Å²) in [5, 5.41) is 14.2. The van der Waals surface area contributed by atoms with Crippen LogP contribution in [-0.4, -0.2) is 49.7 Å². The fourth-order valence-electron chi connectivity index (χ4n) is 4.11. The molecule has 2 fully saturated rings. The van der Waals surface area contributed by atoms with Crippen LogP contribution in [0, 0.1) is 0 Å². The van der Waals surface area contributed by atoms with Gasteiger partial charge in [0.1, 0.15) is 0 Å². The highest BCUT2D eigenvalue weighted by atomic mass is 16.4. The first kappa shape index (κ1) is 17.8. The highest BCUT2D eigenvalue weighted by Crippen LogP contribution is 2.40. The molecule has 148 valence electrons. The minimum Gasteiger partial charge on any atom is -0.478 e. The van der Waals surface area contributed by atoms with Crippen molar-refractivity contribution in [3.05, 3.63) is 59.5 Å². The molecule has 5 rings (SSSR count). The van der Waals surface area contributed by atoms with Crippen molar-refractivity contribution in [1.29, 1.82) is 0 Å². The Morgan fingerprint density at radius 2 is 1.83 bits per heavy atom. The van der Waals surface area contributed by atoms with Crippen LogP contribution in [0.4, 0.5) is 0 Å². The Morgan fingerprint density at radius 3 is 2.52 bits per heavy atom. The fourth-order valence-corrected chi connectivity index (χ4v) is 4.11. The van der Waals surface area contributed by atoms with Gasteiger partial charge in [-0.2, -0.15) is 5.10 Å². The molecule has 29 heavy (non-hydrogen) atoms. The molecular weight excluding hydrogens is 368 g/mol. The molecule has 0 unspecified atom stereocenters. The Balaban J connectivity index is 1.36. The van der Waals surface area contributed by atoms with Crippen LogP contribution >= 0.6 is 0 Å². The second-order valence-electron chi connectivity index (χ2n) is 7.92. The van der Waals surface area contributed by atoms with Gasteiger partial charge in [-0.15, -0.1) is 0 Å². The van der Waals surface area contributed by atoms with Gasteiger partial charge >= 0.3 is 5.97 Å². The molecule has 0 atom stereocenters. The average molecular weight is 390 g/mol. The van der Waals surface area contributed by atoms with Crippen molar-refractivity contribution in [3.63, 3.8) is 0 Å². The normalized spacial score (nSPS) is 17.6. The molecule has 1 aliphatic heterocycles. The minimum atomic E-state index is -0.972. The maximum absolute atomic E-state index is 13.3. The van der Waals surface area contributed by atoms with Crippen LogP contribution in [0.5, 0.6) is 0 Å². The summed E-state index contributed by atoms with van der Waals surface area (Å²) in [4.78, 5) is 31.1. The van der Waals surface area contributed by atoms with Crippen molar-refractivity contribution in [2.45, 2.75) is 37.6 Å². The lowest BCUT2D eigenvalue weighted by Crippen LogP contribution is -2.39. The Labute approximate surface area is 168 Å². The van der Waals surface area contributed by atoms with Crippen molar-refractivity contribution in [2.24, 2.45) is 0 Å². The van der Waals surface area contributed by atoms with E-state index in [1.807, 2.05) is 35.2 Å². The number of hydrogen-bond acceptors (Lipinski definition) is 4. The monoisotopic (exact) mass is 390 g/mol. The van der Waals surface area contributed by atoms with Crippen LogP contribution in [0.1, 0.15) is 64.1 Å². The molecule has 7 heteroatoms. The maximum atomic E-state index is 13.3. The third-order valence-electron chi connectivity index (χ3n) is 5.94. The number of fused-ring (bicyclic) bond motifs is 1. The van der Waals surface area contributed by atoms with Gasteiger partial charge in [0.2, 0.25) is 0 Å². The van der Waals surface area contributed by atoms with Crippen molar-refractivity contribution in [3.8, 4) is 0 Å². The maximum Gasteiger partial charge on any atom is 0.338 e. The molecule has 1 aromatic carbocycles. The molecule has 0 radical (unpaired) electrons. The number of aromatic nitrogens is 3. The molecule has 3 aromatic rings. The topological polar surface area (TPSA) is 88.3 Å². The van der Waals surface area contributed by atoms with E-state index in [0.29, 0.717) is 19.0 Å². The molecule has 1 saturated carbocycles. The van der Waals surface area contributed by atoms with Gasteiger partial charge in [-0.25, -0.2) is 4.79 Å². The molecule has 0 spiro atoms. The van der Waals surface area contributed by atoms with Gasteiger partial charge in [-0.1, -0.05) is 18.2 Å².